The highest BCUT2D eigenvalue weighted by Crippen LogP contribution is 2.51. The Balaban J connectivity index is 1.83. The number of methoxy groups -OCH3 is 1. The summed E-state index contributed by atoms with van der Waals surface area (Å²) >= 11 is 0. The van der Waals surface area contributed by atoms with E-state index in [-0.39, 0.29) is 11.6 Å². The highest BCUT2D eigenvalue weighted by Gasteiger charge is 2.38. The number of carbonyl (C=O) groups excluding carboxylic acids is 1. The highest BCUT2D eigenvalue weighted by molar-refractivity contribution is 5.90. The summed E-state index contributed by atoms with van der Waals surface area (Å²) in [5.74, 6) is 0.395. The molecular weight excluding hydrogens is 314 g/mol. The van der Waals surface area contributed by atoms with Gasteiger partial charge in [0.05, 0.1) is 19.1 Å². The molecule has 4 nitrogen and oxygen atoms in total. The fourth-order valence-corrected chi connectivity index (χ4v) is 4.20. The van der Waals surface area contributed by atoms with Gasteiger partial charge in [-0.2, -0.15) is 0 Å². The lowest BCUT2D eigenvalue weighted by Crippen LogP contribution is -2.31. The van der Waals surface area contributed by atoms with Crippen molar-refractivity contribution in [3.05, 3.63) is 70.8 Å². The van der Waals surface area contributed by atoms with Gasteiger partial charge in [0, 0.05) is 17.2 Å². The van der Waals surface area contributed by atoms with Crippen molar-refractivity contribution < 1.29 is 14.6 Å². The summed E-state index contributed by atoms with van der Waals surface area (Å²) in [6.07, 6.45) is 5.47. The molecule has 25 heavy (non-hydrogen) atoms. The molecule has 0 spiro atoms. The molecule has 3 atom stereocenters. The zero-order chi connectivity index (χ0) is 17.6. The number of carbonyl (C=O) groups is 1. The second-order valence-corrected chi connectivity index (χ2v) is 6.74. The maximum atomic E-state index is 11.4. The molecule has 0 radical (unpaired) electrons. The summed E-state index contributed by atoms with van der Waals surface area (Å²) in [5.41, 5.74) is 4.23. The summed E-state index contributed by atoms with van der Waals surface area (Å²) in [6, 6.07) is 11.8. The van der Waals surface area contributed by atoms with Crippen molar-refractivity contribution in [2.45, 2.75) is 25.3 Å². The van der Waals surface area contributed by atoms with Gasteiger partial charge in [0.2, 0.25) is 0 Å². The predicted octanol–water partition coefficient (Wildman–Crippen LogP) is 3.19. The normalized spacial score (nSPS) is 23.5. The van der Waals surface area contributed by atoms with Gasteiger partial charge in [-0.25, -0.2) is 0 Å². The minimum absolute atomic E-state index is 0.110. The van der Waals surface area contributed by atoms with Gasteiger partial charge in [-0.05, 0) is 48.1 Å². The molecule has 0 aromatic heterocycles. The monoisotopic (exact) mass is 334 g/mol. The van der Waals surface area contributed by atoms with Crippen molar-refractivity contribution >= 4 is 11.7 Å². The summed E-state index contributed by atoms with van der Waals surface area (Å²) < 4.78 is 5.37. The minimum Gasteiger partial charge on any atom is -0.545 e. The summed E-state index contributed by atoms with van der Waals surface area (Å²) in [7, 11) is 1.67. The van der Waals surface area contributed by atoms with E-state index in [1.807, 2.05) is 25.1 Å². The average molecular weight is 334 g/mol. The molecule has 0 bridgehead atoms. The Morgan fingerprint density at radius 1 is 1.28 bits per heavy atom. The number of allylic oxidation sites excluding steroid dienone is 2. The van der Waals surface area contributed by atoms with Crippen molar-refractivity contribution in [1.29, 1.82) is 0 Å². The Morgan fingerprint density at radius 3 is 2.88 bits per heavy atom. The molecule has 1 aliphatic carbocycles. The third kappa shape index (κ3) is 2.49. The SMILES string of the molecule is COc1cccc([C@H]2Nc3c(ccc(C(=O)[O-])c3C)[C@H]3C=CC[C@@H]32)c1. The summed E-state index contributed by atoms with van der Waals surface area (Å²) in [4.78, 5) is 11.4. The fraction of sp³-hybridized carbons (Fsp3) is 0.286. The van der Waals surface area contributed by atoms with Crippen LogP contribution in [0.1, 0.15) is 45.4 Å². The Bertz CT molecular complexity index is 871. The number of ether oxygens (including phenoxy) is 1. The number of carboxylic acids is 1. The first kappa shape index (κ1) is 15.8. The number of rotatable bonds is 3. The van der Waals surface area contributed by atoms with Gasteiger partial charge < -0.3 is 20.0 Å². The molecule has 0 fully saturated rings. The van der Waals surface area contributed by atoms with Crippen molar-refractivity contribution in [3.8, 4) is 5.75 Å². The van der Waals surface area contributed by atoms with E-state index in [0.29, 0.717) is 11.8 Å². The molecule has 1 N–H and O–H groups in total. The molecule has 1 aliphatic heterocycles. The Labute approximate surface area is 147 Å². The van der Waals surface area contributed by atoms with Crippen LogP contribution in [0, 0.1) is 12.8 Å². The van der Waals surface area contributed by atoms with Gasteiger partial charge in [-0.3, -0.25) is 0 Å². The topological polar surface area (TPSA) is 61.4 Å². The second kappa shape index (κ2) is 5.96. The van der Waals surface area contributed by atoms with Crippen LogP contribution in [-0.4, -0.2) is 13.1 Å². The highest BCUT2D eigenvalue weighted by atomic mass is 16.5. The lowest BCUT2D eigenvalue weighted by atomic mass is 9.76. The van der Waals surface area contributed by atoms with Gasteiger partial charge >= 0.3 is 0 Å². The zero-order valence-electron chi connectivity index (χ0n) is 14.3. The zero-order valence-corrected chi connectivity index (χ0v) is 14.3. The molecule has 0 saturated carbocycles. The minimum atomic E-state index is -1.14. The third-order valence-electron chi connectivity index (χ3n) is 5.47. The number of aromatic carboxylic acids is 1. The van der Waals surface area contributed by atoms with Crippen LogP contribution in [-0.2, 0) is 0 Å². The van der Waals surface area contributed by atoms with E-state index in [0.717, 1.165) is 29.0 Å². The molecule has 4 heteroatoms. The average Bonchev–Trinajstić information content (AvgIpc) is 3.11. The summed E-state index contributed by atoms with van der Waals surface area (Å²) in [6.45, 7) is 1.85. The molecule has 0 amide bonds. The van der Waals surface area contributed by atoms with Crippen molar-refractivity contribution in [2.75, 3.05) is 12.4 Å². The van der Waals surface area contributed by atoms with E-state index in [2.05, 4.69) is 29.6 Å². The molecule has 0 saturated heterocycles. The number of nitrogens with one attached hydrogen (secondary N) is 1. The van der Waals surface area contributed by atoms with Gasteiger partial charge in [0.15, 0.2) is 0 Å². The molecule has 128 valence electrons. The predicted molar refractivity (Wildman–Crippen MR) is 94.9 cm³/mol. The molecule has 2 aromatic carbocycles. The van der Waals surface area contributed by atoms with Crippen molar-refractivity contribution in [3.63, 3.8) is 0 Å². The number of fused-ring (bicyclic) bond motifs is 3. The Morgan fingerprint density at radius 2 is 2.12 bits per heavy atom. The Hall–Kier alpha value is -2.75. The van der Waals surface area contributed by atoms with Crippen LogP contribution >= 0.6 is 0 Å². The lowest BCUT2D eigenvalue weighted by molar-refractivity contribution is -0.255. The maximum Gasteiger partial charge on any atom is 0.119 e. The first-order chi connectivity index (χ1) is 12.1. The van der Waals surface area contributed by atoms with Gasteiger partial charge in [-0.15, -0.1) is 0 Å². The summed E-state index contributed by atoms with van der Waals surface area (Å²) in [5, 5.41) is 15.0. The van der Waals surface area contributed by atoms with Crippen LogP contribution in [0.3, 0.4) is 0 Å². The Kier molecular flexibility index (Phi) is 3.75. The molecule has 0 unspecified atom stereocenters. The molecule has 4 rings (SSSR count). The molecule has 2 aliphatic rings. The van der Waals surface area contributed by atoms with E-state index in [4.69, 9.17) is 4.74 Å². The van der Waals surface area contributed by atoms with Crippen molar-refractivity contribution in [1.82, 2.24) is 0 Å². The lowest BCUT2D eigenvalue weighted by Gasteiger charge is -2.39. The smallest absolute Gasteiger partial charge is 0.119 e. The molecule has 1 heterocycles. The quantitative estimate of drug-likeness (QED) is 0.876. The maximum absolute atomic E-state index is 11.4. The van der Waals surface area contributed by atoms with Crippen LogP contribution in [0.25, 0.3) is 0 Å². The number of hydrogen-bond acceptors (Lipinski definition) is 4. The largest absolute Gasteiger partial charge is 0.545 e. The van der Waals surface area contributed by atoms with E-state index in [9.17, 15) is 9.90 Å². The number of anilines is 1. The van der Waals surface area contributed by atoms with Crippen LogP contribution in [0.5, 0.6) is 5.75 Å². The standard InChI is InChI=1S/C21H21NO3/c1-12-15(21(23)24)9-10-18-16-7-4-8-17(16)20(22-19(12)18)13-5-3-6-14(11-13)25-2/h3-7,9-11,16-17,20,22H,8H2,1-2H3,(H,23,24)/p-1/t16-,17-,20+/m0/s1. The fourth-order valence-electron chi connectivity index (χ4n) is 4.20. The third-order valence-corrected chi connectivity index (χ3v) is 5.47. The van der Waals surface area contributed by atoms with Crippen LogP contribution < -0.4 is 15.2 Å². The van der Waals surface area contributed by atoms with E-state index < -0.39 is 5.97 Å². The van der Waals surface area contributed by atoms with Gasteiger partial charge in [-0.1, -0.05) is 36.4 Å². The number of benzene rings is 2. The number of hydrogen-bond donors (Lipinski definition) is 1. The van der Waals surface area contributed by atoms with Crippen LogP contribution in [0.15, 0.2) is 48.6 Å². The van der Waals surface area contributed by atoms with E-state index in [1.54, 1.807) is 13.2 Å². The number of carboxylic acid groups (broad SMARTS) is 1. The van der Waals surface area contributed by atoms with Gasteiger partial charge in [0.25, 0.3) is 0 Å². The van der Waals surface area contributed by atoms with Crippen molar-refractivity contribution in [2.24, 2.45) is 5.92 Å². The molecule has 2 aromatic rings. The van der Waals surface area contributed by atoms with E-state index in [1.165, 1.54) is 5.56 Å². The van der Waals surface area contributed by atoms with Crippen LogP contribution in [0.2, 0.25) is 0 Å². The molecular formula is C21H20NO3-. The first-order valence-electron chi connectivity index (χ1n) is 8.52. The van der Waals surface area contributed by atoms with Gasteiger partial charge in [0.1, 0.15) is 5.75 Å². The van der Waals surface area contributed by atoms with Crippen LogP contribution in [0.4, 0.5) is 5.69 Å². The van der Waals surface area contributed by atoms with E-state index >= 15 is 0 Å². The second-order valence-electron chi connectivity index (χ2n) is 6.74. The first-order valence-corrected chi connectivity index (χ1v) is 8.52.